The Balaban J connectivity index is 1.13. The third kappa shape index (κ3) is 5.71. The molecule has 0 amide bonds. The van der Waals surface area contributed by atoms with Crippen LogP contribution in [0.4, 0.5) is 4.39 Å². The fraction of sp³-hybridized carbons (Fsp3) is 0.375. The van der Waals surface area contributed by atoms with Crippen LogP contribution in [0.3, 0.4) is 0 Å². The number of hydrogen-bond donors (Lipinski definition) is 1. The molecule has 0 aliphatic carbocycles. The van der Waals surface area contributed by atoms with Crippen LogP contribution in [0.1, 0.15) is 71.1 Å². The van der Waals surface area contributed by atoms with Crippen molar-refractivity contribution >= 4 is 17.0 Å². The Hall–Kier alpha value is -4.33. The molecule has 2 fully saturated rings. The molecule has 0 spiro atoms. The van der Waals surface area contributed by atoms with Crippen molar-refractivity contribution < 1.29 is 23.8 Å². The number of benzene rings is 2. The van der Waals surface area contributed by atoms with E-state index in [9.17, 15) is 14.3 Å². The first-order valence-electron chi connectivity index (χ1n) is 14.3. The molecule has 2 atom stereocenters. The number of pyridine rings is 1. The molecule has 6 rings (SSSR count). The maximum atomic E-state index is 14.3. The Morgan fingerprint density at radius 2 is 2.00 bits per heavy atom. The van der Waals surface area contributed by atoms with Crippen LogP contribution in [0.5, 0.6) is 5.75 Å². The molecule has 0 saturated carbocycles. The minimum atomic E-state index is -0.953. The number of ether oxygens (including phenoxy) is 2. The van der Waals surface area contributed by atoms with Crippen LogP contribution in [0, 0.1) is 17.1 Å². The summed E-state index contributed by atoms with van der Waals surface area (Å²) in [6.45, 7) is 5.35. The number of nitriles is 1. The second-order valence-corrected chi connectivity index (χ2v) is 11.0. The Labute approximate surface area is 243 Å². The summed E-state index contributed by atoms with van der Waals surface area (Å²) in [5.74, 6) is 0.410. The quantitative estimate of drug-likeness (QED) is 0.283. The van der Waals surface area contributed by atoms with E-state index in [2.05, 4.69) is 21.4 Å². The maximum Gasteiger partial charge on any atom is 0.335 e. The van der Waals surface area contributed by atoms with Crippen LogP contribution >= 0.6 is 0 Å². The Morgan fingerprint density at radius 1 is 1.19 bits per heavy atom. The van der Waals surface area contributed by atoms with Crippen molar-refractivity contribution in [3.8, 4) is 11.8 Å². The summed E-state index contributed by atoms with van der Waals surface area (Å²) in [7, 11) is 0. The van der Waals surface area contributed by atoms with Gasteiger partial charge in [-0.3, -0.25) is 9.88 Å². The van der Waals surface area contributed by atoms with Gasteiger partial charge in [0.15, 0.2) is 0 Å². The van der Waals surface area contributed by atoms with Gasteiger partial charge < -0.3 is 19.1 Å². The predicted octanol–water partition coefficient (Wildman–Crippen LogP) is 5.45. The van der Waals surface area contributed by atoms with Crippen molar-refractivity contribution in [2.75, 3.05) is 19.7 Å². The van der Waals surface area contributed by atoms with Gasteiger partial charge in [-0.2, -0.15) is 5.26 Å². The summed E-state index contributed by atoms with van der Waals surface area (Å²) in [5.41, 5.74) is 3.49. The van der Waals surface area contributed by atoms with E-state index in [-0.39, 0.29) is 35.8 Å². The van der Waals surface area contributed by atoms with Crippen molar-refractivity contribution in [2.24, 2.45) is 0 Å². The minimum Gasteiger partial charge on any atom is -0.489 e. The number of aromatic nitrogens is 3. The van der Waals surface area contributed by atoms with Gasteiger partial charge in [0.25, 0.3) is 0 Å². The van der Waals surface area contributed by atoms with Crippen LogP contribution in [-0.4, -0.2) is 56.3 Å². The van der Waals surface area contributed by atoms with E-state index in [1.165, 1.54) is 6.07 Å². The van der Waals surface area contributed by atoms with Gasteiger partial charge >= 0.3 is 5.97 Å². The van der Waals surface area contributed by atoms with Gasteiger partial charge in [-0.1, -0.05) is 6.07 Å². The summed E-state index contributed by atoms with van der Waals surface area (Å²) in [6, 6.07) is 15.2. The molecule has 2 saturated heterocycles. The fourth-order valence-electron chi connectivity index (χ4n) is 5.80. The number of piperidine rings is 1. The summed E-state index contributed by atoms with van der Waals surface area (Å²) in [4.78, 5) is 23.6. The molecule has 4 heterocycles. The number of likely N-dealkylation sites (tertiary alicyclic amines) is 1. The first kappa shape index (κ1) is 27.8. The van der Waals surface area contributed by atoms with Crippen molar-refractivity contribution in [1.29, 1.82) is 5.26 Å². The van der Waals surface area contributed by atoms with Gasteiger partial charge in [0.2, 0.25) is 0 Å². The van der Waals surface area contributed by atoms with Gasteiger partial charge in [-0.25, -0.2) is 14.2 Å². The van der Waals surface area contributed by atoms with Crippen LogP contribution < -0.4 is 4.74 Å². The number of rotatable bonds is 9. The highest BCUT2D eigenvalue weighted by Crippen LogP contribution is 2.34. The molecule has 216 valence electrons. The summed E-state index contributed by atoms with van der Waals surface area (Å²) < 4.78 is 28.0. The highest BCUT2D eigenvalue weighted by molar-refractivity contribution is 5.92. The van der Waals surface area contributed by atoms with Gasteiger partial charge in [0.1, 0.15) is 24.0 Å². The minimum absolute atomic E-state index is 0.0386. The van der Waals surface area contributed by atoms with Crippen molar-refractivity contribution in [3.05, 3.63) is 88.8 Å². The van der Waals surface area contributed by atoms with E-state index in [1.807, 2.05) is 12.1 Å². The smallest absolute Gasteiger partial charge is 0.335 e. The third-order valence-electron chi connectivity index (χ3n) is 8.40. The number of carbonyl (C=O) groups is 1. The molecule has 9 nitrogen and oxygen atoms in total. The normalized spacial score (nSPS) is 18.4. The zero-order valence-corrected chi connectivity index (χ0v) is 23.4. The average Bonchev–Trinajstić information content (AvgIpc) is 3.35. The average molecular weight is 570 g/mol. The number of hydrogen-bond acceptors (Lipinski definition) is 7. The highest BCUT2D eigenvalue weighted by Gasteiger charge is 2.30. The van der Waals surface area contributed by atoms with Gasteiger partial charge in [-0.15, -0.1) is 0 Å². The maximum absolute atomic E-state index is 14.3. The molecule has 2 aliphatic rings. The first-order chi connectivity index (χ1) is 20.4. The molecule has 4 aromatic rings. The summed E-state index contributed by atoms with van der Waals surface area (Å²) >= 11 is 0. The van der Waals surface area contributed by atoms with Crippen molar-refractivity contribution in [1.82, 2.24) is 19.4 Å². The number of carboxylic acid groups (broad SMARTS) is 1. The Bertz CT molecular complexity index is 1650. The van der Waals surface area contributed by atoms with Crippen LogP contribution in [-0.2, 0) is 17.9 Å². The molecule has 1 unspecified atom stereocenters. The Morgan fingerprint density at radius 3 is 2.69 bits per heavy atom. The lowest BCUT2D eigenvalue weighted by molar-refractivity contribution is -0.0594. The topological polar surface area (TPSA) is 113 Å². The zero-order chi connectivity index (χ0) is 29.2. The van der Waals surface area contributed by atoms with E-state index in [0.717, 1.165) is 61.5 Å². The SMILES string of the molecule is C[C@@H](c1nc2ccc(C(=O)O)cc2n1CC1CCO1)N1CCC(c2cc(OCc3ccc(C#N)cc3F)ccn2)CC1. The van der Waals surface area contributed by atoms with E-state index in [1.54, 1.807) is 42.6 Å². The number of nitrogens with zero attached hydrogens (tertiary/aromatic N) is 5. The summed E-state index contributed by atoms with van der Waals surface area (Å²) in [6.07, 6.45) is 4.66. The van der Waals surface area contributed by atoms with E-state index in [4.69, 9.17) is 19.7 Å². The lowest BCUT2D eigenvalue weighted by Gasteiger charge is -2.36. The van der Waals surface area contributed by atoms with E-state index in [0.29, 0.717) is 17.9 Å². The predicted molar refractivity (Wildman–Crippen MR) is 153 cm³/mol. The number of imidazole rings is 1. The van der Waals surface area contributed by atoms with Gasteiger partial charge in [0.05, 0.1) is 46.9 Å². The molecule has 0 radical (unpaired) electrons. The second kappa shape index (κ2) is 11.9. The van der Waals surface area contributed by atoms with Crippen LogP contribution in [0.25, 0.3) is 11.0 Å². The van der Waals surface area contributed by atoms with Crippen LogP contribution in [0.2, 0.25) is 0 Å². The molecule has 2 aromatic carbocycles. The second-order valence-electron chi connectivity index (χ2n) is 11.0. The molecule has 2 aromatic heterocycles. The number of carboxylic acids is 1. The van der Waals surface area contributed by atoms with Crippen molar-refractivity contribution in [3.63, 3.8) is 0 Å². The third-order valence-corrected chi connectivity index (χ3v) is 8.40. The molecule has 1 N–H and O–H groups in total. The number of aromatic carboxylic acids is 1. The van der Waals surface area contributed by atoms with E-state index >= 15 is 0 Å². The lowest BCUT2D eigenvalue weighted by atomic mass is 9.92. The number of halogens is 1. The molecule has 2 aliphatic heterocycles. The summed E-state index contributed by atoms with van der Waals surface area (Å²) in [5, 5.41) is 18.5. The molecule has 0 bridgehead atoms. The van der Waals surface area contributed by atoms with Gasteiger partial charge in [0, 0.05) is 36.0 Å². The highest BCUT2D eigenvalue weighted by atomic mass is 19.1. The van der Waals surface area contributed by atoms with Gasteiger partial charge in [-0.05, 0) is 75.7 Å². The fourth-order valence-corrected chi connectivity index (χ4v) is 5.80. The van der Waals surface area contributed by atoms with Crippen LogP contribution in [0.15, 0.2) is 54.7 Å². The molecular weight excluding hydrogens is 537 g/mol. The lowest BCUT2D eigenvalue weighted by Crippen LogP contribution is -2.37. The molecule has 10 heteroatoms. The molecular formula is C32H32FN5O4. The first-order valence-corrected chi connectivity index (χ1v) is 14.3. The largest absolute Gasteiger partial charge is 0.489 e. The van der Waals surface area contributed by atoms with E-state index < -0.39 is 11.8 Å². The molecule has 42 heavy (non-hydrogen) atoms. The number of fused-ring (bicyclic) bond motifs is 1. The van der Waals surface area contributed by atoms with Crippen molar-refractivity contribution in [2.45, 2.75) is 57.4 Å². The zero-order valence-electron chi connectivity index (χ0n) is 23.4. The standard InChI is InChI=1S/C32H32FN5O4/c1-20(31-36-28-5-4-23(32(39)40)15-30(28)38(31)18-26-9-13-41-26)37-11-7-22(8-12-37)29-16-25(6-10-35-29)42-19-24-3-2-21(17-34)14-27(24)33/h2-6,10,14-16,20,22,26H,7-9,11-13,18-19H2,1H3,(H,39,40)/t20-,26?/m0/s1. The monoisotopic (exact) mass is 569 g/mol. The Kier molecular flexibility index (Phi) is 7.87.